The molecule has 2 aromatic carbocycles. The molecule has 2 N–H and O–H groups in total. The van der Waals surface area contributed by atoms with Crippen molar-refractivity contribution in [3.63, 3.8) is 0 Å². The maximum atomic E-state index is 13.5. The highest BCUT2D eigenvalue weighted by Crippen LogP contribution is 2.21. The summed E-state index contributed by atoms with van der Waals surface area (Å²) in [6.45, 7) is 7.23. The fraction of sp³-hybridized carbons (Fsp3) is 0.435. The lowest BCUT2D eigenvalue weighted by Crippen LogP contribution is -2.48. The Morgan fingerprint density at radius 1 is 1.20 bits per heavy atom. The number of nitrogens with one attached hydrogen (secondary N) is 2. The maximum Gasteiger partial charge on any atom is 0.191 e. The summed E-state index contributed by atoms with van der Waals surface area (Å²) in [6, 6.07) is 13.4. The van der Waals surface area contributed by atoms with Crippen LogP contribution in [0, 0.1) is 12.7 Å². The van der Waals surface area contributed by atoms with Gasteiger partial charge in [-0.25, -0.2) is 4.39 Å². The molecule has 0 saturated carbocycles. The molecule has 0 atom stereocenters. The van der Waals surface area contributed by atoms with Crippen molar-refractivity contribution in [2.24, 2.45) is 4.99 Å². The number of hydrogen-bond donors (Lipinski definition) is 2. The summed E-state index contributed by atoms with van der Waals surface area (Å²) in [5.74, 6) is 1.56. The normalized spacial score (nSPS) is 14.8. The van der Waals surface area contributed by atoms with E-state index in [1.54, 1.807) is 19.2 Å². The largest absolute Gasteiger partial charge is 0.494 e. The molecule has 0 aromatic heterocycles. The van der Waals surface area contributed by atoms with Gasteiger partial charge in [0.1, 0.15) is 11.6 Å². The predicted molar refractivity (Wildman–Crippen MR) is 133 cm³/mol. The Morgan fingerprint density at radius 2 is 1.97 bits per heavy atom. The van der Waals surface area contributed by atoms with Gasteiger partial charge in [-0.2, -0.15) is 0 Å². The smallest absolute Gasteiger partial charge is 0.191 e. The molecule has 1 fully saturated rings. The van der Waals surface area contributed by atoms with Crippen LogP contribution in [0.2, 0.25) is 0 Å². The number of halogens is 2. The minimum absolute atomic E-state index is 0. The van der Waals surface area contributed by atoms with Gasteiger partial charge >= 0.3 is 0 Å². The van der Waals surface area contributed by atoms with E-state index in [0.717, 1.165) is 48.9 Å². The third-order valence-electron chi connectivity index (χ3n) is 5.23. The molecule has 1 saturated heterocycles. The zero-order chi connectivity index (χ0) is 20.6. The van der Waals surface area contributed by atoms with Gasteiger partial charge in [0, 0.05) is 38.4 Å². The van der Waals surface area contributed by atoms with Crippen molar-refractivity contribution in [3.8, 4) is 5.75 Å². The van der Waals surface area contributed by atoms with E-state index in [0.29, 0.717) is 19.2 Å². The van der Waals surface area contributed by atoms with Gasteiger partial charge in [0.25, 0.3) is 0 Å². The third kappa shape index (κ3) is 6.75. The van der Waals surface area contributed by atoms with Crippen molar-refractivity contribution in [2.45, 2.75) is 39.3 Å². The Bertz CT molecular complexity index is 838. The van der Waals surface area contributed by atoms with Gasteiger partial charge in [-0.3, -0.25) is 4.99 Å². The molecule has 7 heteroatoms. The van der Waals surface area contributed by atoms with Crippen molar-refractivity contribution < 1.29 is 9.13 Å². The lowest BCUT2D eigenvalue weighted by Gasteiger charge is -2.34. The van der Waals surface area contributed by atoms with E-state index in [1.807, 2.05) is 19.1 Å². The van der Waals surface area contributed by atoms with Crippen LogP contribution in [0.5, 0.6) is 5.75 Å². The molecule has 2 aromatic rings. The van der Waals surface area contributed by atoms with E-state index >= 15 is 0 Å². The molecule has 0 spiro atoms. The van der Waals surface area contributed by atoms with E-state index in [2.05, 4.69) is 39.6 Å². The Morgan fingerprint density at radius 3 is 2.60 bits per heavy atom. The van der Waals surface area contributed by atoms with Crippen LogP contribution in [0.4, 0.5) is 10.1 Å². The molecule has 3 rings (SSSR count). The highest BCUT2D eigenvalue weighted by atomic mass is 127. The van der Waals surface area contributed by atoms with Gasteiger partial charge in [0.15, 0.2) is 5.96 Å². The highest BCUT2D eigenvalue weighted by molar-refractivity contribution is 14.0. The number of nitrogens with zero attached hydrogens (tertiary/aromatic N) is 2. The molecule has 1 aliphatic heterocycles. The van der Waals surface area contributed by atoms with E-state index in [-0.39, 0.29) is 29.8 Å². The minimum Gasteiger partial charge on any atom is -0.494 e. The summed E-state index contributed by atoms with van der Waals surface area (Å²) in [5, 5.41) is 6.92. The second-order valence-corrected chi connectivity index (χ2v) is 7.34. The van der Waals surface area contributed by atoms with Gasteiger partial charge < -0.3 is 20.3 Å². The molecule has 1 heterocycles. The molecule has 1 aliphatic rings. The Balaban J connectivity index is 0.00000320. The topological polar surface area (TPSA) is 48.9 Å². The van der Waals surface area contributed by atoms with Crippen molar-refractivity contribution >= 4 is 35.6 Å². The van der Waals surface area contributed by atoms with E-state index in [9.17, 15) is 4.39 Å². The van der Waals surface area contributed by atoms with Crippen LogP contribution in [0.1, 0.15) is 30.9 Å². The van der Waals surface area contributed by atoms with Gasteiger partial charge in [0.2, 0.25) is 0 Å². The van der Waals surface area contributed by atoms with Gasteiger partial charge in [-0.05, 0) is 62.1 Å². The number of piperidine rings is 1. The number of hydrogen-bond acceptors (Lipinski definition) is 3. The van der Waals surface area contributed by atoms with Gasteiger partial charge in [0.05, 0.1) is 6.61 Å². The van der Waals surface area contributed by atoms with E-state index in [1.165, 1.54) is 11.6 Å². The fourth-order valence-electron chi connectivity index (χ4n) is 3.67. The number of rotatable bonds is 6. The molecule has 0 amide bonds. The van der Waals surface area contributed by atoms with Crippen LogP contribution < -0.4 is 20.3 Å². The number of aryl methyl sites for hydroxylation is 1. The standard InChI is InChI=1S/C23H31FN4O.HI/c1-4-29-22-9-8-18(14-17(22)2)16-26-23(25-3)27-20-10-12-28(13-11-20)21-7-5-6-19(24)15-21;/h5-9,14-15,20H,4,10-13,16H2,1-3H3,(H2,25,26,27);1H. The molecule has 164 valence electrons. The Hall–Kier alpha value is -2.03. The first kappa shape index (κ1) is 24.2. The average molecular weight is 526 g/mol. The molecule has 0 bridgehead atoms. The van der Waals surface area contributed by atoms with Crippen LogP contribution in [-0.4, -0.2) is 38.7 Å². The quantitative estimate of drug-likeness (QED) is 0.331. The SMILES string of the molecule is CCOc1ccc(CNC(=NC)NC2CCN(c3cccc(F)c3)CC2)cc1C.I. The predicted octanol–water partition coefficient (Wildman–Crippen LogP) is 4.48. The number of aliphatic imine (C=N–C) groups is 1. The van der Waals surface area contributed by atoms with E-state index < -0.39 is 0 Å². The number of ether oxygens (including phenoxy) is 1. The van der Waals surface area contributed by atoms with Crippen LogP contribution in [0.25, 0.3) is 0 Å². The van der Waals surface area contributed by atoms with Gasteiger partial charge in [-0.1, -0.05) is 18.2 Å². The van der Waals surface area contributed by atoms with Crippen molar-refractivity contribution in [3.05, 3.63) is 59.4 Å². The lowest BCUT2D eigenvalue weighted by atomic mass is 10.0. The molecule has 0 aliphatic carbocycles. The number of anilines is 1. The first-order valence-electron chi connectivity index (χ1n) is 10.3. The van der Waals surface area contributed by atoms with Crippen LogP contribution in [-0.2, 0) is 6.54 Å². The number of guanidine groups is 1. The van der Waals surface area contributed by atoms with Gasteiger partial charge in [-0.15, -0.1) is 24.0 Å². The first-order chi connectivity index (χ1) is 14.1. The Kier molecular flexibility index (Phi) is 9.68. The first-order valence-corrected chi connectivity index (χ1v) is 10.3. The molecule has 0 radical (unpaired) electrons. The summed E-state index contributed by atoms with van der Waals surface area (Å²) >= 11 is 0. The van der Waals surface area contributed by atoms with Crippen molar-refractivity contribution in [1.29, 1.82) is 0 Å². The monoisotopic (exact) mass is 526 g/mol. The van der Waals surface area contributed by atoms with Crippen molar-refractivity contribution in [2.75, 3.05) is 31.6 Å². The van der Waals surface area contributed by atoms with E-state index in [4.69, 9.17) is 4.74 Å². The Labute approximate surface area is 196 Å². The summed E-state index contributed by atoms with van der Waals surface area (Å²) in [7, 11) is 1.79. The zero-order valence-electron chi connectivity index (χ0n) is 18.0. The summed E-state index contributed by atoms with van der Waals surface area (Å²) in [6.07, 6.45) is 1.97. The fourth-order valence-corrected chi connectivity index (χ4v) is 3.67. The summed E-state index contributed by atoms with van der Waals surface area (Å²) in [4.78, 5) is 6.60. The summed E-state index contributed by atoms with van der Waals surface area (Å²) < 4.78 is 19.1. The molecular weight excluding hydrogens is 494 g/mol. The average Bonchev–Trinajstić information content (AvgIpc) is 2.73. The maximum absolute atomic E-state index is 13.5. The minimum atomic E-state index is -0.183. The third-order valence-corrected chi connectivity index (χ3v) is 5.23. The highest BCUT2D eigenvalue weighted by Gasteiger charge is 2.20. The summed E-state index contributed by atoms with van der Waals surface area (Å²) in [5.41, 5.74) is 3.28. The number of benzene rings is 2. The second-order valence-electron chi connectivity index (χ2n) is 7.34. The molecule has 30 heavy (non-hydrogen) atoms. The molecule has 5 nitrogen and oxygen atoms in total. The zero-order valence-corrected chi connectivity index (χ0v) is 20.3. The molecular formula is C23H32FIN4O. The van der Waals surface area contributed by atoms with Crippen LogP contribution in [0.15, 0.2) is 47.5 Å². The molecule has 0 unspecified atom stereocenters. The van der Waals surface area contributed by atoms with Crippen LogP contribution >= 0.6 is 24.0 Å². The van der Waals surface area contributed by atoms with Crippen LogP contribution in [0.3, 0.4) is 0 Å². The second kappa shape index (κ2) is 12.0. The van der Waals surface area contributed by atoms with Crippen molar-refractivity contribution in [1.82, 2.24) is 10.6 Å². The lowest BCUT2D eigenvalue weighted by molar-refractivity contribution is 0.338.